The lowest BCUT2D eigenvalue weighted by Gasteiger charge is -2.21. The maximum atomic E-state index is 10.00. The summed E-state index contributed by atoms with van der Waals surface area (Å²) in [6.45, 7) is 6.57. The second-order valence-electron chi connectivity index (χ2n) is 4.72. The second-order valence-corrected chi connectivity index (χ2v) is 9.47. The highest BCUT2D eigenvalue weighted by atomic mass is 28.3. The van der Waals surface area contributed by atoms with E-state index in [0.717, 1.165) is 19.3 Å². The molecular weight excluding hydrogens is 176 g/mol. The predicted molar refractivity (Wildman–Crippen MR) is 59.1 cm³/mol. The molecular formula is C11H18OSi. The van der Waals surface area contributed by atoms with Gasteiger partial charge in [-0.3, -0.25) is 0 Å². The van der Waals surface area contributed by atoms with Crippen LogP contribution >= 0.6 is 0 Å². The van der Waals surface area contributed by atoms with Crippen molar-refractivity contribution >= 4 is 8.07 Å². The summed E-state index contributed by atoms with van der Waals surface area (Å²) < 4.78 is 0. The summed E-state index contributed by atoms with van der Waals surface area (Å²) in [5, 5.41) is 10.00. The van der Waals surface area contributed by atoms with Crippen molar-refractivity contribution in [2.45, 2.75) is 44.5 Å². The Labute approximate surface area is 81.9 Å². The average Bonchev–Trinajstić information content (AvgIpc) is 2.02. The molecule has 1 unspecified atom stereocenters. The molecule has 13 heavy (non-hydrogen) atoms. The SMILES string of the molecule is C[Si](C)(C)C#CC1(O)C=CCCC1. The molecule has 0 bridgehead atoms. The summed E-state index contributed by atoms with van der Waals surface area (Å²) in [6.07, 6.45) is 6.80. The van der Waals surface area contributed by atoms with E-state index < -0.39 is 13.7 Å². The molecule has 0 aromatic heterocycles. The number of allylic oxidation sites excluding steroid dienone is 1. The van der Waals surface area contributed by atoms with Crippen LogP contribution in [0.3, 0.4) is 0 Å². The van der Waals surface area contributed by atoms with Crippen molar-refractivity contribution in [3.63, 3.8) is 0 Å². The summed E-state index contributed by atoms with van der Waals surface area (Å²) in [7, 11) is -1.34. The lowest BCUT2D eigenvalue weighted by atomic mass is 9.92. The van der Waals surface area contributed by atoms with E-state index in [9.17, 15) is 5.11 Å². The van der Waals surface area contributed by atoms with Gasteiger partial charge in [-0.2, -0.15) is 0 Å². The zero-order valence-electron chi connectivity index (χ0n) is 8.72. The number of hydrogen-bond acceptors (Lipinski definition) is 1. The van der Waals surface area contributed by atoms with Gasteiger partial charge in [-0.05, 0) is 25.3 Å². The summed E-state index contributed by atoms with van der Waals surface area (Å²) in [5.41, 5.74) is 2.40. The molecule has 1 rings (SSSR count). The van der Waals surface area contributed by atoms with Gasteiger partial charge in [-0.1, -0.05) is 31.6 Å². The Morgan fingerprint density at radius 2 is 2.08 bits per heavy atom. The van der Waals surface area contributed by atoms with Crippen molar-refractivity contribution in [2.24, 2.45) is 0 Å². The van der Waals surface area contributed by atoms with E-state index in [4.69, 9.17) is 0 Å². The van der Waals surface area contributed by atoms with Crippen molar-refractivity contribution < 1.29 is 5.11 Å². The molecule has 2 heteroatoms. The topological polar surface area (TPSA) is 20.2 Å². The fraction of sp³-hybridized carbons (Fsp3) is 0.636. The zero-order chi connectivity index (χ0) is 9.95. The quantitative estimate of drug-likeness (QED) is 0.356. The molecule has 1 N–H and O–H groups in total. The van der Waals surface area contributed by atoms with Crippen molar-refractivity contribution in [3.8, 4) is 11.5 Å². The van der Waals surface area contributed by atoms with E-state index in [2.05, 4.69) is 31.1 Å². The van der Waals surface area contributed by atoms with Crippen LogP contribution in [-0.2, 0) is 0 Å². The average molecular weight is 194 g/mol. The third kappa shape index (κ3) is 3.80. The molecule has 1 aliphatic carbocycles. The minimum absolute atomic E-state index is 0.793. The first-order valence-electron chi connectivity index (χ1n) is 4.86. The fourth-order valence-electron chi connectivity index (χ4n) is 1.25. The van der Waals surface area contributed by atoms with Gasteiger partial charge in [0.15, 0.2) is 0 Å². The first-order chi connectivity index (χ1) is 5.91. The van der Waals surface area contributed by atoms with Crippen LogP contribution in [0.4, 0.5) is 0 Å². The van der Waals surface area contributed by atoms with Gasteiger partial charge >= 0.3 is 0 Å². The first-order valence-corrected chi connectivity index (χ1v) is 8.36. The Kier molecular flexibility index (Phi) is 3.00. The number of aliphatic hydroxyl groups is 1. The minimum atomic E-state index is -1.34. The largest absolute Gasteiger partial charge is 0.374 e. The Bertz CT molecular complexity index is 264. The Hall–Kier alpha value is -0.523. The number of hydrogen-bond donors (Lipinski definition) is 1. The smallest absolute Gasteiger partial charge is 0.143 e. The van der Waals surface area contributed by atoms with E-state index in [1.807, 2.05) is 12.2 Å². The van der Waals surface area contributed by atoms with Crippen LogP contribution in [0, 0.1) is 11.5 Å². The molecule has 0 aliphatic heterocycles. The third-order valence-electron chi connectivity index (χ3n) is 1.98. The van der Waals surface area contributed by atoms with Gasteiger partial charge in [-0.15, -0.1) is 5.54 Å². The Morgan fingerprint density at radius 3 is 2.54 bits per heavy atom. The van der Waals surface area contributed by atoms with Gasteiger partial charge in [-0.25, -0.2) is 0 Å². The van der Waals surface area contributed by atoms with Crippen LogP contribution in [0.1, 0.15) is 19.3 Å². The van der Waals surface area contributed by atoms with Gasteiger partial charge < -0.3 is 5.11 Å². The van der Waals surface area contributed by atoms with Gasteiger partial charge in [0.25, 0.3) is 0 Å². The molecule has 0 heterocycles. The van der Waals surface area contributed by atoms with Crippen LogP contribution in [0.2, 0.25) is 19.6 Å². The third-order valence-corrected chi connectivity index (χ3v) is 2.85. The molecule has 0 saturated heterocycles. The molecule has 1 nitrogen and oxygen atoms in total. The highest BCUT2D eigenvalue weighted by Gasteiger charge is 2.22. The van der Waals surface area contributed by atoms with E-state index in [0.29, 0.717) is 0 Å². The highest BCUT2D eigenvalue weighted by molar-refractivity contribution is 6.83. The minimum Gasteiger partial charge on any atom is -0.374 e. The van der Waals surface area contributed by atoms with E-state index >= 15 is 0 Å². The van der Waals surface area contributed by atoms with Crippen molar-refractivity contribution in [1.29, 1.82) is 0 Å². The standard InChI is InChI=1S/C11H18OSi/c1-13(2,3)10-9-11(12)7-5-4-6-8-11/h5,7,12H,4,6,8H2,1-3H3. The van der Waals surface area contributed by atoms with Crippen molar-refractivity contribution in [3.05, 3.63) is 12.2 Å². The molecule has 0 aromatic rings. The van der Waals surface area contributed by atoms with Gasteiger partial charge in [0, 0.05) is 0 Å². The van der Waals surface area contributed by atoms with E-state index in [1.165, 1.54) is 0 Å². The molecule has 1 atom stereocenters. The van der Waals surface area contributed by atoms with Crippen molar-refractivity contribution in [1.82, 2.24) is 0 Å². The Morgan fingerprint density at radius 1 is 1.38 bits per heavy atom. The maximum Gasteiger partial charge on any atom is 0.143 e. The van der Waals surface area contributed by atoms with Gasteiger partial charge in [0.05, 0.1) is 0 Å². The molecule has 72 valence electrons. The molecule has 0 saturated carbocycles. The van der Waals surface area contributed by atoms with E-state index in [1.54, 1.807) is 0 Å². The molecule has 0 fully saturated rings. The fourth-order valence-corrected chi connectivity index (χ4v) is 1.84. The van der Waals surface area contributed by atoms with Crippen LogP contribution in [0.25, 0.3) is 0 Å². The van der Waals surface area contributed by atoms with Crippen LogP contribution in [-0.4, -0.2) is 18.8 Å². The first kappa shape index (κ1) is 10.6. The lowest BCUT2D eigenvalue weighted by molar-refractivity contribution is 0.135. The van der Waals surface area contributed by atoms with Crippen LogP contribution in [0.15, 0.2) is 12.2 Å². The zero-order valence-corrected chi connectivity index (χ0v) is 9.72. The van der Waals surface area contributed by atoms with E-state index in [-0.39, 0.29) is 0 Å². The molecule has 1 aliphatic rings. The summed E-state index contributed by atoms with van der Waals surface area (Å²) in [5.74, 6) is 3.02. The summed E-state index contributed by atoms with van der Waals surface area (Å²) in [4.78, 5) is 0. The predicted octanol–water partition coefficient (Wildman–Crippen LogP) is 2.34. The summed E-state index contributed by atoms with van der Waals surface area (Å²) >= 11 is 0. The van der Waals surface area contributed by atoms with Gasteiger partial charge in [0.2, 0.25) is 0 Å². The monoisotopic (exact) mass is 194 g/mol. The van der Waals surface area contributed by atoms with Gasteiger partial charge in [0.1, 0.15) is 13.7 Å². The Balaban J connectivity index is 2.75. The molecule has 0 amide bonds. The van der Waals surface area contributed by atoms with Crippen LogP contribution in [0.5, 0.6) is 0 Å². The lowest BCUT2D eigenvalue weighted by Crippen LogP contribution is -2.27. The van der Waals surface area contributed by atoms with Crippen LogP contribution < -0.4 is 0 Å². The van der Waals surface area contributed by atoms with Crippen molar-refractivity contribution in [2.75, 3.05) is 0 Å². The second kappa shape index (κ2) is 3.69. The molecule has 0 aromatic carbocycles. The summed E-state index contributed by atoms with van der Waals surface area (Å²) in [6, 6.07) is 0. The normalized spacial score (nSPS) is 28.0. The maximum absolute atomic E-state index is 10.00. The molecule has 0 spiro atoms. The highest BCUT2D eigenvalue weighted by Crippen LogP contribution is 2.21. The molecule has 0 radical (unpaired) electrons. The number of rotatable bonds is 0.